The van der Waals surface area contributed by atoms with Gasteiger partial charge in [-0.15, -0.1) is 11.3 Å². The first-order chi connectivity index (χ1) is 13.2. The van der Waals surface area contributed by atoms with Gasteiger partial charge in [-0.05, 0) is 45.8 Å². The van der Waals surface area contributed by atoms with Gasteiger partial charge in [0, 0.05) is 33.5 Å². The number of carbonyl (C=O) groups is 1. The van der Waals surface area contributed by atoms with E-state index in [1.165, 1.54) is 11.3 Å². The fourth-order valence-electron chi connectivity index (χ4n) is 2.52. The molecule has 0 radical (unpaired) electrons. The Bertz CT molecular complexity index is 1080. The summed E-state index contributed by atoms with van der Waals surface area (Å²) in [6.07, 6.45) is 3.78. The summed E-state index contributed by atoms with van der Waals surface area (Å²) in [5.74, 6) is 0.834. The minimum Gasteiger partial charge on any atom is -0.339 e. The second-order valence-corrected chi connectivity index (χ2v) is 7.49. The molecular formula is C19H13BrN4O2S. The van der Waals surface area contributed by atoms with Crippen molar-refractivity contribution >= 4 is 38.9 Å². The van der Waals surface area contributed by atoms with Crippen LogP contribution in [-0.4, -0.2) is 21.0 Å². The molecule has 1 aromatic carbocycles. The van der Waals surface area contributed by atoms with E-state index >= 15 is 0 Å². The number of benzene rings is 1. The number of hydrogen-bond acceptors (Lipinski definition) is 6. The molecule has 0 aliphatic carbocycles. The van der Waals surface area contributed by atoms with Crippen LogP contribution in [0.15, 0.2) is 69.2 Å². The van der Waals surface area contributed by atoms with E-state index in [2.05, 4.69) is 36.4 Å². The van der Waals surface area contributed by atoms with Crippen molar-refractivity contribution in [2.24, 2.45) is 0 Å². The topological polar surface area (TPSA) is 80.9 Å². The van der Waals surface area contributed by atoms with E-state index in [1.807, 2.05) is 41.8 Å². The fraction of sp³-hybridized carbons (Fsp3) is 0.0526. The molecule has 8 heteroatoms. The number of rotatable bonds is 5. The highest BCUT2D eigenvalue weighted by molar-refractivity contribution is 9.10. The van der Waals surface area contributed by atoms with Crippen molar-refractivity contribution in [1.82, 2.24) is 15.1 Å². The number of aromatic nitrogens is 3. The zero-order valence-electron chi connectivity index (χ0n) is 13.9. The van der Waals surface area contributed by atoms with Crippen molar-refractivity contribution in [2.75, 3.05) is 5.32 Å². The molecule has 1 N–H and O–H groups in total. The third kappa shape index (κ3) is 4.12. The second kappa shape index (κ2) is 7.81. The molecule has 0 atom stereocenters. The molecule has 6 nitrogen and oxygen atoms in total. The SMILES string of the molecule is O=C(Nc1ccccc1Cc1nc(-c2ccncc2)no1)c1cc(Br)cs1. The Hall–Kier alpha value is -2.84. The summed E-state index contributed by atoms with van der Waals surface area (Å²) in [5, 5.41) is 8.85. The van der Waals surface area contributed by atoms with Gasteiger partial charge in [0.05, 0.1) is 11.3 Å². The zero-order valence-corrected chi connectivity index (χ0v) is 16.3. The highest BCUT2D eigenvalue weighted by Crippen LogP contribution is 2.24. The molecule has 4 aromatic rings. The number of anilines is 1. The van der Waals surface area contributed by atoms with E-state index in [0.717, 1.165) is 21.3 Å². The normalized spacial score (nSPS) is 10.7. The van der Waals surface area contributed by atoms with Crippen LogP contribution in [0.1, 0.15) is 21.1 Å². The van der Waals surface area contributed by atoms with Gasteiger partial charge in [0.15, 0.2) is 0 Å². The summed E-state index contributed by atoms with van der Waals surface area (Å²) in [6, 6.07) is 13.0. The van der Waals surface area contributed by atoms with Crippen LogP contribution in [0, 0.1) is 0 Å². The maximum absolute atomic E-state index is 12.4. The molecule has 4 rings (SSSR count). The van der Waals surface area contributed by atoms with Crippen LogP contribution in [0.3, 0.4) is 0 Å². The van der Waals surface area contributed by atoms with Gasteiger partial charge in [-0.3, -0.25) is 9.78 Å². The number of nitrogens with zero attached hydrogens (tertiary/aromatic N) is 3. The Morgan fingerprint density at radius 1 is 1.19 bits per heavy atom. The van der Waals surface area contributed by atoms with E-state index in [9.17, 15) is 4.79 Å². The van der Waals surface area contributed by atoms with Gasteiger partial charge in [0.2, 0.25) is 11.7 Å². The smallest absolute Gasteiger partial charge is 0.265 e. The van der Waals surface area contributed by atoms with Gasteiger partial charge >= 0.3 is 0 Å². The Balaban J connectivity index is 1.53. The molecule has 0 fully saturated rings. The van der Waals surface area contributed by atoms with Crippen LogP contribution in [0.4, 0.5) is 5.69 Å². The van der Waals surface area contributed by atoms with Gasteiger partial charge in [-0.1, -0.05) is 23.4 Å². The first-order valence-corrected chi connectivity index (χ1v) is 9.72. The lowest BCUT2D eigenvalue weighted by Crippen LogP contribution is -2.12. The Labute approximate surface area is 167 Å². The number of thiophene rings is 1. The largest absolute Gasteiger partial charge is 0.339 e. The van der Waals surface area contributed by atoms with Gasteiger partial charge in [0.1, 0.15) is 0 Å². The van der Waals surface area contributed by atoms with Gasteiger partial charge in [-0.2, -0.15) is 4.98 Å². The molecule has 0 spiro atoms. The van der Waals surface area contributed by atoms with Gasteiger partial charge in [-0.25, -0.2) is 0 Å². The predicted octanol–water partition coefficient (Wildman–Crippen LogP) is 4.80. The maximum Gasteiger partial charge on any atom is 0.265 e. The van der Waals surface area contributed by atoms with E-state index in [-0.39, 0.29) is 5.91 Å². The number of nitrogens with one attached hydrogen (secondary N) is 1. The number of pyridine rings is 1. The molecule has 0 saturated heterocycles. The number of hydrogen-bond donors (Lipinski definition) is 1. The minimum atomic E-state index is -0.152. The molecule has 0 aliphatic heterocycles. The molecule has 3 heterocycles. The number of carbonyl (C=O) groups excluding carboxylic acids is 1. The van der Waals surface area contributed by atoms with Crippen molar-refractivity contribution in [2.45, 2.75) is 6.42 Å². The lowest BCUT2D eigenvalue weighted by Gasteiger charge is -2.08. The summed E-state index contributed by atoms with van der Waals surface area (Å²) >= 11 is 4.75. The second-order valence-electron chi connectivity index (χ2n) is 5.66. The molecule has 0 unspecified atom stereocenters. The summed E-state index contributed by atoms with van der Waals surface area (Å²) in [5.41, 5.74) is 2.45. The molecule has 134 valence electrons. The molecule has 0 saturated carbocycles. The first kappa shape index (κ1) is 17.6. The van der Waals surface area contributed by atoms with Gasteiger partial charge in [0.25, 0.3) is 5.91 Å². The first-order valence-electron chi connectivity index (χ1n) is 8.05. The average Bonchev–Trinajstić information content (AvgIpc) is 3.33. The predicted molar refractivity (Wildman–Crippen MR) is 107 cm³/mol. The molecule has 0 aliphatic rings. The summed E-state index contributed by atoms with van der Waals surface area (Å²) in [7, 11) is 0. The van der Waals surface area contributed by atoms with Crippen molar-refractivity contribution in [3.8, 4) is 11.4 Å². The number of halogens is 1. The monoisotopic (exact) mass is 440 g/mol. The molecule has 1 amide bonds. The third-order valence-electron chi connectivity index (χ3n) is 3.81. The third-order valence-corrected chi connectivity index (χ3v) is 5.49. The highest BCUT2D eigenvalue weighted by Gasteiger charge is 2.14. The quantitative estimate of drug-likeness (QED) is 0.481. The Morgan fingerprint density at radius 2 is 2.00 bits per heavy atom. The zero-order chi connectivity index (χ0) is 18.6. The van der Waals surface area contributed by atoms with Crippen LogP contribution in [0.2, 0.25) is 0 Å². The summed E-state index contributed by atoms with van der Waals surface area (Å²) in [4.78, 5) is 21.5. The fourth-order valence-corrected chi connectivity index (χ4v) is 3.84. The van der Waals surface area contributed by atoms with Crippen LogP contribution < -0.4 is 5.32 Å². The minimum absolute atomic E-state index is 0.152. The van der Waals surface area contributed by atoms with Gasteiger partial charge < -0.3 is 9.84 Å². The number of para-hydroxylation sites is 1. The molecular weight excluding hydrogens is 428 g/mol. The van der Waals surface area contributed by atoms with Crippen LogP contribution in [-0.2, 0) is 6.42 Å². The van der Waals surface area contributed by atoms with Crippen molar-refractivity contribution < 1.29 is 9.32 Å². The molecule has 27 heavy (non-hydrogen) atoms. The Morgan fingerprint density at radius 3 is 2.78 bits per heavy atom. The van der Waals surface area contributed by atoms with E-state index < -0.39 is 0 Å². The molecule has 3 aromatic heterocycles. The van der Waals surface area contributed by atoms with Crippen molar-refractivity contribution in [3.63, 3.8) is 0 Å². The number of amides is 1. The van der Waals surface area contributed by atoms with Crippen molar-refractivity contribution in [1.29, 1.82) is 0 Å². The van der Waals surface area contributed by atoms with E-state index in [1.54, 1.807) is 18.5 Å². The van der Waals surface area contributed by atoms with E-state index in [0.29, 0.717) is 23.0 Å². The molecule has 0 bridgehead atoms. The van der Waals surface area contributed by atoms with Crippen LogP contribution in [0.5, 0.6) is 0 Å². The maximum atomic E-state index is 12.4. The summed E-state index contributed by atoms with van der Waals surface area (Å²) < 4.78 is 6.26. The summed E-state index contributed by atoms with van der Waals surface area (Å²) in [6.45, 7) is 0. The lowest BCUT2D eigenvalue weighted by molar-refractivity contribution is 0.103. The average molecular weight is 441 g/mol. The van der Waals surface area contributed by atoms with Crippen LogP contribution in [0.25, 0.3) is 11.4 Å². The van der Waals surface area contributed by atoms with Crippen LogP contribution >= 0.6 is 27.3 Å². The lowest BCUT2D eigenvalue weighted by atomic mass is 10.1. The van der Waals surface area contributed by atoms with E-state index in [4.69, 9.17) is 4.52 Å². The van der Waals surface area contributed by atoms with Crippen molar-refractivity contribution in [3.05, 3.63) is 81.0 Å². The highest BCUT2D eigenvalue weighted by atomic mass is 79.9. The standard InChI is InChI=1S/C19H13BrN4O2S/c20-14-10-16(27-11-14)19(25)22-15-4-2-1-3-13(15)9-17-23-18(24-26-17)12-5-7-21-8-6-12/h1-8,10-11H,9H2,(H,22,25). The Kier molecular flexibility index (Phi) is 5.08.